The molecule has 78 valence electrons. The van der Waals surface area contributed by atoms with Gasteiger partial charge in [0.1, 0.15) is 0 Å². The first-order chi connectivity index (χ1) is 6.50. The van der Waals surface area contributed by atoms with E-state index in [0.717, 1.165) is 0 Å². The van der Waals surface area contributed by atoms with Gasteiger partial charge in [-0.3, -0.25) is 0 Å². The van der Waals surface area contributed by atoms with Gasteiger partial charge in [0.15, 0.2) is 0 Å². The smallest absolute Gasteiger partial charge is 0.0559 e. The molecule has 1 aromatic rings. The van der Waals surface area contributed by atoms with Crippen LogP contribution in [-0.4, -0.2) is 5.25 Å². The molecule has 3 heteroatoms. The van der Waals surface area contributed by atoms with Crippen LogP contribution >= 0.6 is 11.8 Å². The van der Waals surface area contributed by atoms with Crippen LogP contribution in [0.25, 0.3) is 0 Å². The van der Waals surface area contributed by atoms with Crippen molar-refractivity contribution in [2.45, 2.75) is 30.9 Å². The fourth-order valence-electron chi connectivity index (χ4n) is 0.977. The van der Waals surface area contributed by atoms with E-state index < -0.39 is 0 Å². The van der Waals surface area contributed by atoms with Crippen molar-refractivity contribution in [2.24, 2.45) is 5.92 Å². The normalized spacial score (nSPS) is 13.1. The SMILES string of the molecule is CC(C)C(C)Sc1ccc(N)c(N)c1. The second-order valence-electron chi connectivity index (χ2n) is 3.86. The maximum absolute atomic E-state index is 5.73. The predicted octanol–water partition coefficient (Wildman–Crippen LogP) is 2.99. The largest absolute Gasteiger partial charge is 0.397 e. The third-order valence-electron chi connectivity index (χ3n) is 2.32. The van der Waals surface area contributed by atoms with E-state index in [0.29, 0.717) is 22.5 Å². The van der Waals surface area contributed by atoms with Gasteiger partial charge in [0.25, 0.3) is 0 Å². The van der Waals surface area contributed by atoms with E-state index in [4.69, 9.17) is 11.5 Å². The number of thioether (sulfide) groups is 1. The van der Waals surface area contributed by atoms with Crippen LogP contribution < -0.4 is 11.5 Å². The van der Waals surface area contributed by atoms with Crippen LogP contribution in [0.4, 0.5) is 11.4 Å². The van der Waals surface area contributed by atoms with Crippen LogP contribution in [-0.2, 0) is 0 Å². The Morgan fingerprint density at radius 3 is 2.21 bits per heavy atom. The first-order valence-corrected chi connectivity index (χ1v) is 5.70. The standard InChI is InChI=1S/C11H18N2S/c1-7(2)8(3)14-9-4-5-10(12)11(13)6-9/h4-8H,12-13H2,1-3H3. The number of nitrogen functional groups attached to an aromatic ring is 2. The molecule has 0 fully saturated rings. The molecule has 0 aliphatic heterocycles. The van der Waals surface area contributed by atoms with Gasteiger partial charge in [-0.1, -0.05) is 20.8 Å². The molecule has 1 aromatic carbocycles. The first-order valence-electron chi connectivity index (χ1n) is 4.82. The van der Waals surface area contributed by atoms with Crippen molar-refractivity contribution in [1.82, 2.24) is 0 Å². The van der Waals surface area contributed by atoms with Crippen molar-refractivity contribution in [1.29, 1.82) is 0 Å². The molecule has 0 bridgehead atoms. The predicted molar refractivity (Wildman–Crippen MR) is 65.4 cm³/mol. The van der Waals surface area contributed by atoms with Gasteiger partial charge in [0, 0.05) is 10.1 Å². The van der Waals surface area contributed by atoms with Crippen molar-refractivity contribution >= 4 is 23.1 Å². The fourth-order valence-corrected chi connectivity index (χ4v) is 2.02. The van der Waals surface area contributed by atoms with E-state index >= 15 is 0 Å². The van der Waals surface area contributed by atoms with Crippen LogP contribution in [0.2, 0.25) is 0 Å². The lowest BCUT2D eigenvalue weighted by Gasteiger charge is -2.15. The molecule has 0 saturated heterocycles. The maximum atomic E-state index is 5.73. The lowest BCUT2D eigenvalue weighted by molar-refractivity contribution is 0.642. The molecule has 1 rings (SSSR count). The van der Waals surface area contributed by atoms with Crippen LogP contribution in [0, 0.1) is 5.92 Å². The second kappa shape index (κ2) is 4.60. The Hall–Kier alpha value is -0.830. The van der Waals surface area contributed by atoms with E-state index in [9.17, 15) is 0 Å². The summed E-state index contributed by atoms with van der Waals surface area (Å²) in [4.78, 5) is 1.19. The zero-order valence-electron chi connectivity index (χ0n) is 8.95. The van der Waals surface area contributed by atoms with Gasteiger partial charge in [0.05, 0.1) is 11.4 Å². The summed E-state index contributed by atoms with van der Waals surface area (Å²) in [6.45, 7) is 6.67. The average Bonchev–Trinajstić information content (AvgIpc) is 2.11. The number of nitrogens with two attached hydrogens (primary N) is 2. The zero-order chi connectivity index (χ0) is 10.7. The molecule has 0 spiro atoms. The van der Waals surface area contributed by atoms with Gasteiger partial charge in [-0.05, 0) is 24.1 Å². The lowest BCUT2D eigenvalue weighted by Crippen LogP contribution is -2.05. The van der Waals surface area contributed by atoms with Crippen LogP contribution in [0.1, 0.15) is 20.8 Å². The molecule has 0 aromatic heterocycles. The molecular weight excluding hydrogens is 192 g/mol. The number of hydrogen-bond donors (Lipinski definition) is 2. The highest BCUT2D eigenvalue weighted by atomic mass is 32.2. The molecule has 1 unspecified atom stereocenters. The van der Waals surface area contributed by atoms with E-state index in [2.05, 4.69) is 20.8 Å². The molecule has 1 atom stereocenters. The van der Waals surface area contributed by atoms with Gasteiger partial charge >= 0.3 is 0 Å². The quantitative estimate of drug-likeness (QED) is 0.595. The Morgan fingerprint density at radius 1 is 1.07 bits per heavy atom. The van der Waals surface area contributed by atoms with Gasteiger partial charge in [0.2, 0.25) is 0 Å². The van der Waals surface area contributed by atoms with Gasteiger partial charge < -0.3 is 11.5 Å². The Kier molecular flexibility index (Phi) is 3.69. The van der Waals surface area contributed by atoms with Crippen molar-refractivity contribution in [3.05, 3.63) is 18.2 Å². The number of anilines is 2. The summed E-state index contributed by atoms with van der Waals surface area (Å²) < 4.78 is 0. The molecular formula is C11H18N2S. The highest BCUT2D eigenvalue weighted by molar-refractivity contribution is 8.00. The first kappa shape index (κ1) is 11.2. The molecule has 14 heavy (non-hydrogen) atoms. The molecule has 0 aliphatic rings. The van der Waals surface area contributed by atoms with Crippen LogP contribution in [0.15, 0.2) is 23.1 Å². The average molecular weight is 210 g/mol. The van der Waals surface area contributed by atoms with Gasteiger partial charge in [-0.25, -0.2) is 0 Å². The molecule has 0 aliphatic carbocycles. The van der Waals surface area contributed by atoms with Crippen LogP contribution in [0.3, 0.4) is 0 Å². The molecule has 2 nitrogen and oxygen atoms in total. The van der Waals surface area contributed by atoms with Crippen molar-refractivity contribution in [3.8, 4) is 0 Å². The molecule has 0 saturated carbocycles. The Balaban J connectivity index is 2.73. The topological polar surface area (TPSA) is 52.0 Å². The highest BCUT2D eigenvalue weighted by Gasteiger charge is 2.09. The summed E-state index contributed by atoms with van der Waals surface area (Å²) in [6, 6.07) is 5.83. The lowest BCUT2D eigenvalue weighted by atomic mass is 10.2. The molecule has 0 heterocycles. The van der Waals surface area contributed by atoms with Gasteiger partial charge in [-0.2, -0.15) is 0 Å². The van der Waals surface area contributed by atoms with Crippen molar-refractivity contribution in [3.63, 3.8) is 0 Å². The molecule has 0 radical (unpaired) electrons. The highest BCUT2D eigenvalue weighted by Crippen LogP contribution is 2.30. The minimum atomic E-state index is 0.595. The van der Waals surface area contributed by atoms with E-state index in [1.165, 1.54) is 4.90 Å². The minimum absolute atomic E-state index is 0.595. The second-order valence-corrected chi connectivity index (χ2v) is 5.31. The summed E-state index contributed by atoms with van der Waals surface area (Å²) in [5.74, 6) is 0.666. The molecule has 0 amide bonds. The van der Waals surface area contributed by atoms with Crippen LogP contribution in [0.5, 0.6) is 0 Å². The summed E-state index contributed by atoms with van der Waals surface area (Å²) in [6.07, 6.45) is 0. The Bertz CT molecular complexity index is 310. The van der Waals surface area contributed by atoms with E-state index in [-0.39, 0.29) is 0 Å². The monoisotopic (exact) mass is 210 g/mol. The van der Waals surface area contributed by atoms with E-state index in [1.807, 2.05) is 30.0 Å². The van der Waals surface area contributed by atoms with Crippen molar-refractivity contribution in [2.75, 3.05) is 11.5 Å². The number of hydrogen-bond acceptors (Lipinski definition) is 3. The summed E-state index contributed by atoms with van der Waals surface area (Å²) in [7, 11) is 0. The number of rotatable bonds is 3. The Morgan fingerprint density at radius 2 is 1.71 bits per heavy atom. The zero-order valence-corrected chi connectivity index (χ0v) is 9.77. The third kappa shape index (κ3) is 2.84. The third-order valence-corrected chi connectivity index (χ3v) is 3.76. The summed E-state index contributed by atoms with van der Waals surface area (Å²) in [5, 5.41) is 0.595. The van der Waals surface area contributed by atoms with Crippen molar-refractivity contribution < 1.29 is 0 Å². The minimum Gasteiger partial charge on any atom is -0.397 e. The van der Waals surface area contributed by atoms with Gasteiger partial charge in [-0.15, -0.1) is 11.8 Å². The maximum Gasteiger partial charge on any atom is 0.0559 e. The summed E-state index contributed by atoms with van der Waals surface area (Å²) in [5.41, 5.74) is 12.7. The Labute approximate surface area is 90.1 Å². The number of benzene rings is 1. The molecule has 4 N–H and O–H groups in total. The fraction of sp³-hybridized carbons (Fsp3) is 0.455. The van der Waals surface area contributed by atoms with E-state index in [1.54, 1.807) is 0 Å². The summed E-state index contributed by atoms with van der Waals surface area (Å²) >= 11 is 1.84.